The third kappa shape index (κ3) is 5.98. The van der Waals surface area contributed by atoms with Crippen LogP contribution in [-0.2, 0) is 24.4 Å². The molecule has 0 radical (unpaired) electrons. The molecule has 2 heterocycles. The van der Waals surface area contributed by atoms with Gasteiger partial charge in [-0.1, -0.05) is 32.4 Å². The molecule has 1 saturated heterocycles. The predicted molar refractivity (Wildman–Crippen MR) is 136 cm³/mol. The van der Waals surface area contributed by atoms with Gasteiger partial charge in [0.1, 0.15) is 17.6 Å². The Bertz CT molecular complexity index is 1110. The summed E-state index contributed by atoms with van der Waals surface area (Å²) >= 11 is 0. The Kier molecular flexibility index (Phi) is 8.08. The van der Waals surface area contributed by atoms with Gasteiger partial charge in [0.2, 0.25) is 21.8 Å². The number of allylic oxidation sites excluding steroid dienone is 1. The second-order valence-electron chi connectivity index (χ2n) is 11.3. The second kappa shape index (κ2) is 10.8. The van der Waals surface area contributed by atoms with E-state index in [1.165, 1.54) is 4.90 Å². The monoisotopic (exact) mass is 554 g/mol. The summed E-state index contributed by atoms with van der Waals surface area (Å²) in [6.07, 6.45) is 5.02. The molecule has 0 spiro atoms. The number of hydrogen-bond donors (Lipinski definition) is 5. The van der Waals surface area contributed by atoms with Gasteiger partial charge in [-0.15, -0.1) is 0 Å². The maximum absolute atomic E-state index is 13.7. The lowest BCUT2D eigenvalue weighted by atomic mass is 9.85. The van der Waals surface area contributed by atoms with Gasteiger partial charge in [-0.3, -0.25) is 19.1 Å². The van der Waals surface area contributed by atoms with E-state index in [4.69, 9.17) is 0 Å². The molecule has 0 aromatic carbocycles. The van der Waals surface area contributed by atoms with Crippen molar-refractivity contribution in [2.75, 3.05) is 6.54 Å². The van der Waals surface area contributed by atoms with Crippen molar-refractivity contribution in [3.05, 3.63) is 12.2 Å². The van der Waals surface area contributed by atoms with Crippen LogP contribution in [0.3, 0.4) is 0 Å². The number of nitrogens with zero attached hydrogens (tertiary/aromatic N) is 1. The molecule has 2 aliphatic heterocycles. The van der Waals surface area contributed by atoms with Gasteiger partial charge < -0.3 is 25.7 Å². The zero-order valence-electron chi connectivity index (χ0n) is 21.8. The van der Waals surface area contributed by atoms with Crippen LogP contribution in [0.4, 0.5) is 4.79 Å². The molecular formula is C25H38N4O8S. The highest BCUT2D eigenvalue weighted by atomic mass is 32.2. The molecule has 0 aromatic rings. The number of fused-ring (bicyclic) bond motifs is 2. The van der Waals surface area contributed by atoms with Crippen LogP contribution < -0.4 is 15.4 Å². The van der Waals surface area contributed by atoms with Crippen LogP contribution in [0.1, 0.15) is 65.2 Å². The summed E-state index contributed by atoms with van der Waals surface area (Å²) in [5.41, 5.74) is -1.48. The van der Waals surface area contributed by atoms with E-state index >= 15 is 0 Å². The van der Waals surface area contributed by atoms with Crippen molar-refractivity contribution in [3.63, 3.8) is 0 Å². The molecule has 2 saturated carbocycles. The normalized spacial score (nSPS) is 37.1. The van der Waals surface area contributed by atoms with Gasteiger partial charge in [-0.25, -0.2) is 13.2 Å². The smallest absolute Gasteiger partial charge is 0.405 e. The van der Waals surface area contributed by atoms with Crippen LogP contribution in [0, 0.1) is 17.8 Å². The first-order valence-corrected chi connectivity index (χ1v) is 14.9. The lowest BCUT2D eigenvalue weighted by Gasteiger charge is -2.33. The molecule has 4 aliphatic rings. The molecular weight excluding hydrogens is 516 g/mol. The van der Waals surface area contributed by atoms with Gasteiger partial charge in [0, 0.05) is 18.9 Å². The highest BCUT2D eigenvalue weighted by Gasteiger charge is 2.62. The van der Waals surface area contributed by atoms with Crippen LogP contribution >= 0.6 is 0 Å². The van der Waals surface area contributed by atoms with Crippen molar-refractivity contribution in [2.45, 2.75) is 94.2 Å². The highest BCUT2D eigenvalue weighted by molar-refractivity contribution is 7.91. The lowest BCUT2D eigenvalue weighted by Crippen LogP contribution is -2.59. The molecule has 0 bridgehead atoms. The van der Waals surface area contributed by atoms with E-state index in [-0.39, 0.29) is 31.2 Å². The Morgan fingerprint density at radius 3 is 2.55 bits per heavy atom. The first-order chi connectivity index (χ1) is 17.9. The molecule has 4 amide bonds. The molecule has 38 heavy (non-hydrogen) atoms. The Labute approximate surface area is 222 Å². The molecule has 212 valence electrons. The third-order valence-electron chi connectivity index (χ3n) is 8.27. The Hall–Kier alpha value is -2.67. The highest BCUT2D eigenvalue weighted by Crippen LogP contribution is 2.46. The minimum absolute atomic E-state index is 0.0802. The fraction of sp³-hybridized carbons (Fsp3) is 0.760. The number of carbonyl (C=O) groups is 4. The van der Waals surface area contributed by atoms with Crippen molar-refractivity contribution in [1.82, 2.24) is 20.3 Å². The molecule has 12 nitrogen and oxygen atoms in total. The van der Waals surface area contributed by atoms with Gasteiger partial charge in [0.25, 0.3) is 5.91 Å². The Morgan fingerprint density at radius 2 is 1.92 bits per heavy atom. The van der Waals surface area contributed by atoms with Gasteiger partial charge in [-0.05, 0) is 50.4 Å². The van der Waals surface area contributed by atoms with Crippen LogP contribution in [0.25, 0.3) is 0 Å². The third-order valence-corrected chi connectivity index (χ3v) is 10.1. The Balaban J connectivity index is 1.65. The fourth-order valence-corrected chi connectivity index (χ4v) is 7.14. The van der Waals surface area contributed by atoms with E-state index in [1.54, 1.807) is 0 Å². The summed E-state index contributed by atoms with van der Waals surface area (Å²) in [6, 6.07) is -2.23. The minimum atomic E-state index is -3.84. The summed E-state index contributed by atoms with van der Waals surface area (Å²) < 4.78 is 27.1. The Morgan fingerprint density at radius 1 is 1.21 bits per heavy atom. The fourth-order valence-electron chi connectivity index (χ4n) is 5.78. The maximum Gasteiger partial charge on any atom is 0.405 e. The zero-order chi connectivity index (χ0) is 27.8. The van der Waals surface area contributed by atoms with Crippen LogP contribution in [0.2, 0.25) is 0 Å². The summed E-state index contributed by atoms with van der Waals surface area (Å²) in [4.78, 5) is 53.2. The molecule has 5 N–H and O–H groups in total. The molecule has 7 atom stereocenters. The number of aliphatic hydroxyl groups is 1. The standard InChI is InChI=1S/C25H38N4O8S/c1-3-15-10-14(2)6-4-5-7-16-12-25(16,23(33)28-38(36,37)18-8-9-18)27-21(31)19-11-17(30)13-29(19)22(32)20(15)26-24(34)35/h5,7,14-20,26,30H,3-4,6,8-13H2,1-2H3,(H,27,31)(H,28,33)(H,34,35)/b7-5-/t14?,15-,16-,17-,19+,20+,25-/m1/s1. The minimum Gasteiger partial charge on any atom is -0.465 e. The molecule has 4 rings (SSSR count). The van der Waals surface area contributed by atoms with Gasteiger partial charge in [0.05, 0.1) is 11.4 Å². The van der Waals surface area contributed by atoms with E-state index in [1.807, 2.05) is 26.0 Å². The lowest BCUT2D eigenvalue weighted by molar-refractivity contribution is -0.142. The van der Waals surface area contributed by atoms with E-state index in [0.717, 1.165) is 6.42 Å². The van der Waals surface area contributed by atoms with Crippen molar-refractivity contribution >= 4 is 33.8 Å². The van der Waals surface area contributed by atoms with Crippen LogP contribution in [-0.4, -0.2) is 82.9 Å². The van der Waals surface area contributed by atoms with Gasteiger partial charge in [-0.2, -0.15) is 0 Å². The molecule has 13 heteroatoms. The largest absolute Gasteiger partial charge is 0.465 e. The number of carbonyl (C=O) groups excluding carboxylic acids is 3. The molecule has 0 aromatic heterocycles. The summed E-state index contributed by atoms with van der Waals surface area (Å²) in [5.74, 6) is -2.66. The molecule has 3 fully saturated rings. The van der Waals surface area contributed by atoms with E-state index in [2.05, 4.69) is 15.4 Å². The van der Waals surface area contributed by atoms with E-state index < -0.39 is 68.7 Å². The van der Waals surface area contributed by atoms with Gasteiger partial charge in [0.15, 0.2) is 0 Å². The maximum atomic E-state index is 13.7. The van der Waals surface area contributed by atoms with E-state index in [9.17, 15) is 37.8 Å². The van der Waals surface area contributed by atoms with Crippen molar-refractivity contribution < 1.29 is 37.8 Å². The summed E-state index contributed by atoms with van der Waals surface area (Å²) in [6.45, 7) is 3.76. The second-order valence-corrected chi connectivity index (χ2v) is 13.2. The zero-order valence-corrected chi connectivity index (χ0v) is 22.6. The average molecular weight is 555 g/mol. The van der Waals surface area contributed by atoms with Gasteiger partial charge >= 0.3 is 6.09 Å². The first-order valence-electron chi connectivity index (χ1n) is 13.4. The number of nitrogens with one attached hydrogen (secondary N) is 3. The van der Waals surface area contributed by atoms with Crippen LogP contribution in [0.15, 0.2) is 12.2 Å². The summed E-state index contributed by atoms with van der Waals surface area (Å²) in [5, 5.41) is 24.3. The number of hydrogen-bond acceptors (Lipinski definition) is 7. The van der Waals surface area contributed by atoms with Crippen LogP contribution in [0.5, 0.6) is 0 Å². The molecule has 2 aliphatic carbocycles. The van der Waals surface area contributed by atoms with E-state index in [0.29, 0.717) is 32.1 Å². The first kappa shape index (κ1) is 28.3. The SMILES string of the molecule is CC[C@@H]1CC(C)CC/C=C\[C@@H]2C[C@@]2(C(=O)NS(=O)(=O)C2CC2)NC(=O)[C@@H]2C[C@@H](O)CN2C(=O)[C@H]1NC(=O)O. The van der Waals surface area contributed by atoms with Crippen molar-refractivity contribution in [2.24, 2.45) is 17.8 Å². The number of aliphatic hydroxyl groups excluding tert-OH is 1. The van der Waals surface area contributed by atoms with Crippen molar-refractivity contribution in [3.8, 4) is 0 Å². The average Bonchev–Trinajstić information content (AvgIpc) is 3.75. The topological polar surface area (TPSA) is 182 Å². The quantitative estimate of drug-likeness (QED) is 0.304. The number of sulfonamides is 1. The predicted octanol–water partition coefficient (Wildman–Crippen LogP) is 0.470. The summed E-state index contributed by atoms with van der Waals surface area (Å²) in [7, 11) is -3.84. The van der Waals surface area contributed by atoms with Crippen molar-refractivity contribution in [1.29, 1.82) is 0 Å². The number of rotatable bonds is 5. The number of carboxylic acid groups (broad SMARTS) is 1. The molecule has 1 unspecified atom stereocenters. The number of amides is 4.